The Hall–Kier alpha value is -3.28. The Balaban J connectivity index is 1.81. The lowest BCUT2D eigenvalue weighted by molar-refractivity contribution is 0.369. The highest BCUT2D eigenvalue weighted by atomic mass is 32.1. The second-order valence-electron chi connectivity index (χ2n) is 8.30. The first kappa shape index (κ1) is 23.5. The van der Waals surface area contributed by atoms with Gasteiger partial charge in [-0.25, -0.2) is 15.9 Å². The molecule has 4 aromatic rings. The van der Waals surface area contributed by atoms with Crippen molar-refractivity contribution in [3.63, 3.8) is 0 Å². The number of phenolic OH excluding ortho intramolecular Hbond substituents is 1. The van der Waals surface area contributed by atoms with Gasteiger partial charge in [-0.05, 0) is 48.6 Å². The maximum absolute atomic E-state index is 13.9. The van der Waals surface area contributed by atoms with E-state index in [1.807, 2.05) is 0 Å². The number of aromatic hydroxyl groups is 1. The zero-order valence-corrected chi connectivity index (χ0v) is 20.3. The molecule has 0 radical (unpaired) electrons. The standard InChI is InChI=1S/C22H23N6O5PS/c1-27(24)26-17(23)10-28-20(13-8-7-12(29)9-15(13)11-5-6-11)25-21-18(22(28)30)14-3-2-4-16(19(14)35-21)33-34(31)32/h2-4,7-9,11,29,31-32H,5-6,10,24H2,1H3,(H2,23,26). The molecule has 0 bridgehead atoms. The van der Waals surface area contributed by atoms with Crippen LogP contribution in [0.3, 0.4) is 0 Å². The number of nitrogens with zero attached hydrogens (tertiary/aromatic N) is 4. The number of amidine groups is 1. The molecule has 13 heteroatoms. The van der Waals surface area contributed by atoms with Crippen molar-refractivity contribution < 1.29 is 19.4 Å². The average Bonchev–Trinajstić information content (AvgIpc) is 3.55. The highest BCUT2D eigenvalue weighted by Crippen LogP contribution is 2.46. The van der Waals surface area contributed by atoms with E-state index in [1.165, 1.54) is 23.0 Å². The third-order valence-electron chi connectivity index (χ3n) is 5.66. The molecule has 2 heterocycles. The molecule has 2 aromatic heterocycles. The summed E-state index contributed by atoms with van der Waals surface area (Å²) in [5.74, 6) is 6.78. The fraction of sp³-hybridized carbons (Fsp3) is 0.227. The number of nitrogens with two attached hydrogens (primary N) is 2. The second-order valence-corrected chi connectivity index (χ2v) is 9.98. The van der Waals surface area contributed by atoms with Gasteiger partial charge in [-0.3, -0.25) is 9.36 Å². The number of thiophene rings is 1. The minimum Gasteiger partial charge on any atom is -0.508 e. The van der Waals surface area contributed by atoms with Crippen LogP contribution in [0.25, 0.3) is 31.7 Å². The van der Waals surface area contributed by atoms with Crippen LogP contribution in [0.4, 0.5) is 0 Å². The quantitative estimate of drug-likeness (QED) is 0.0817. The number of hydrazine groups is 1. The van der Waals surface area contributed by atoms with Crippen LogP contribution in [-0.4, -0.2) is 42.4 Å². The molecule has 1 aliphatic carbocycles. The van der Waals surface area contributed by atoms with Crippen LogP contribution in [0.2, 0.25) is 0 Å². The summed E-state index contributed by atoms with van der Waals surface area (Å²) in [6, 6.07) is 10.1. The van der Waals surface area contributed by atoms with E-state index in [0.29, 0.717) is 26.1 Å². The third-order valence-corrected chi connectivity index (χ3v) is 7.14. The molecule has 35 heavy (non-hydrogen) atoms. The van der Waals surface area contributed by atoms with Crippen LogP contribution in [-0.2, 0) is 6.54 Å². The summed E-state index contributed by atoms with van der Waals surface area (Å²) >= 11 is 1.22. The summed E-state index contributed by atoms with van der Waals surface area (Å²) in [5.41, 5.74) is 7.39. The van der Waals surface area contributed by atoms with Crippen LogP contribution in [0.1, 0.15) is 24.3 Å². The van der Waals surface area contributed by atoms with E-state index in [-0.39, 0.29) is 35.4 Å². The molecular weight excluding hydrogens is 491 g/mol. The van der Waals surface area contributed by atoms with Crippen LogP contribution in [0.15, 0.2) is 46.3 Å². The van der Waals surface area contributed by atoms with Gasteiger partial charge < -0.3 is 25.2 Å². The molecule has 0 spiro atoms. The smallest absolute Gasteiger partial charge is 0.391 e. The number of hydrogen-bond donors (Lipinski definition) is 5. The molecule has 1 fully saturated rings. The number of benzene rings is 2. The van der Waals surface area contributed by atoms with Crippen molar-refractivity contribution in [2.75, 3.05) is 7.05 Å². The van der Waals surface area contributed by atoms with Crippen LogP contribution in [0.5, 0.6) is 11.5 Å². The maximum atomic E-state index is 13.9. The molecule has 182 valence electrons. The van der Waals surface area contributed by atoms with Crippen molar-refractivity contribution in [2.24, 2.45) is 16.7 Å². The number of hydrogen-bond acceptors (Lipinski definition) is 10. The molecule has 0 atom stereocenters. The lowest BCUT2D eigenvalue weighted by Crippen LogP contribution is -2.33. The molecule has 5 rings (SSSR count). The van der Waals surface area contributed by atoms with Gasteiger partial charge in [0.2, 0.25) is 0 Å². The summed E-state index contributed by atoms with van der Waals surface area (Å²) in [4.78, 5) is 38.0. The molecule has 11 nitrogen and oxygen atoms in total. The highest BCUT2D eigenvalue weighted by Gasteiger charge is 2.29. The molecular formula is C22H23N6O5PS. The minimum absolute atomic E-state index is 0.0598. The van der Waals surface area contributed by atoms with E-state index in [0.717, 1.165) is 29.1 Å². The van der Waals surface area contributed by atoms with Crippen LogP contribution < -0.4 is 21.7 Å². The molecule has 0 saturated heterocycles. The first-order chi connectivity index (χ1) is 16.7. The van der Waals surface area contributed by atoms with Crippen LogP contribution >= 0.6 is 19.9 Å². The minimum atomic E-state index is -2.63. The van der Waals surface area contributed by atoms with E-state index < -0.39 is 8.60 Å². The first-order valence-corrected chi connectivity index (χ1v) is 12.7. The fourth-order valence-electron chi connectivity index (χ4n) is 4.15. The van der Waals surface area contributed by atoms with Gasteiger partial charge in [0.05, 0.1) is 16.6 Å². The zero-order valence-electron chi connectivity index (χ0n) is 18.6. The van der Waals surface area contributed by atoms with E-state index in [2.05, 4.69) is 5.10 Å². The van der Waals surface area contributed by atoms with Crippen molar-refractivity contribution >= 4 is 46.1 Å². The van der Waals surface area contributed by atoms with Crippen molar-refractivity contribution in [1.29, 1.82) is 0 Å². The fourth-order valence-corrected chi connectivity index (χ4v) is 5.65. The molecule has 1 saturated carbocycles. The van der Waals surface area contributed by atoms with E-state index in [9.17, 15) is 19.7 Å². The highest BCUT2D eigenvalue weighted by molar-refractivity contribution is 7.40. The summed E-state index contributed by atoms with van der Waals surface area (Å²) in [6.07, 6.45) is 1.97. The van der Waals surface area contributed by atoms with E-state index in [4.69, 9.17) is 21.1 Å². The van der Waals surface area contributed by atoms with Crippen molar-refractivity contribution in [1.82, 2.24) is 14.7 Å². The van der Waals surface area contributed by atoms with Gasteiger partial charge in [0.25, 0.3) is 5.56 Å². The second kappa shape index (κ2) is 9.06. The predicted octanol–water partition coefficient (Wildman–Crippen LogP) is 2.53. The topological polar surface area (TPSA) is 172 Å². The zero-order chi connectivity index (χ0) is 24.9. The Morgan fingerprint density at radius 3 is 2.80 bits per heavy atom. The normalized spacial score (nSPS) is 14.3. The van der Waals surface area contributed by atoms with Gasteiger partial charge >= 0.3 is 8.60 Å². The van der Waals surface area contributed by atoms with Crippen molar-refractivity contribution in [3.8, 4) is 22.9 Å². The summed E-state index contributed by atoms with van der Waals surface area (Å²) < 4.78 is 7.21. The van der Waals surface area contributed by atoms with E-state index >= 15 is 0 Å². The Labute approximate surface area is 204 Å². The number of hydrazone groups is 1. The average molecular weight is 515 g/mol. The molecule has 0 aliphatic heterocycles. The Kier molecular flexibility index (Phi) is 6.07. The Morgan fingerprint density at radius 2 is 2.11 bits per heavy atom. The lowest BCUT2D eigenvalue weighted by atomic mass is 10.0. The first-order valence-electron chi connectivity index (χ1n) is 10.7. The number of rotatable bonds is 7. The van der Waals surface area contributed by atoms with Crippen molar-refractivity contribution in [3.05, 3.63) is 52.3 Å². The summed E-state index contributed by atoms with van der Waals surface area (Å²) in [7, 11) is -1.11. The van der Waals surface area contributed by atoms with Gasteiger partial charge in [-0.15, -0.1) is 16.4 Å². The molecule has 7 N–H and O–H groups in total. The third kappa shape index (κ3) is 4.54. The Bertz CT molecular complexity index is 1530. The predicted molar refractivity (Wildman–Crippen MR) is 136 cm³/mol. The number of fused-ring (bicyclic) bond motifs is 3. The number of phenols is 1. The summed E-state index contributed by atoms with van der Waals surface area (Å²) in [6.45, 7) is -0.0598. The van der Waals surface area contributed by atoms with Gasteiger partial charge in [0, 0.05) is 18.0 Å². The van der Waals surface area contributed by atoms with Gasteiger partial charge in [-0.1, -0.05) is 12.1 Å². The van der Waals surface area contributed by atoms with E-state index in [1.54, 1.807) is 36.4 Å². The Morgan fingerprint density at radius 1 is 1.34 bits per heavy atom. The molecule has 0 unspecified atom stereocenters. The molecule has 1 aliphatic rings. The molecule has 0 amide bonds. The van der Waals surface area contributed by atoms with Gasteiger partial charge in [0.15, 0.2) is 0 Å². The van der Waals surface area contributed by atoms with Gasteiger partial charge in [0.1, 0.15) is 28.0 Å². The largest absolute Gasteiger partial charge is 0.508 e. The summed E-state index contributed by atoms with van der Waals surface area (Å²) in [5, 5.41) is 16.1. The number of aromatic nitrogens is 2. The lowest BCUT2D eigenvalue weighted by Gasteiger charge is -2.16. The SMILES string of the molecule is CN(N)/N=C(\N)Cn1c(-c2ccc(O)cc2C2CC2)nc2sc3c(OP(O)O)cccc3c2c1=O. The monoisotopic (exact) mass is 514 g/mol. The maximum Gasteiger partial charge on any atom is 0.391 e. The van der Waals surface area contributed by atoms with Gasteiger partial charge in [-0.2, -0.15) is 0 Å². The van der Waals surface area contributed by atoms with Crippen molar-refractivity contribution in [2.45, 2.75) is 25.3 Å². The molecule has 2 aromatic carbocycles. The van der Waals surface area contributed by atoms with Crippen LogP contribution in [0, 0.1) is 0 Å².